The normalized spacial score (nSPS) is 9.23. The summed E-state index contributed by atoms with van der Waals surface area (Å²) in [5.74, 6) is 1.87. The monoisotopic (exact) mass is 188 g/mol. The smallest absolute Gasteiger partial charge is 0.0448 e. The molecule has 0 nitrogen and oxygen atoms in total. The standard InChI is InChI=1S/2C6H14.CH4/c2*1-4-6(3)5-2;/h2*6H,4-5H2,1-3H3;1H4. The first kappa shape index (κ1) is 18.7. The van der Waals surface area contributed by atoms with Crippen molar-refractivity contribution in [3.8, 4) is 0 Å². The molecule has 0 aliphatic carbocycles. The van der Waals surface area contributed by atoms with Crippen molar-refractivity contribution in [1.82, 2.24) is 0 Å². The van der Waals surface area contributed by atoms with E-state index in [1.807, 2.05) is 0 Å². The lowest BCUT2D eigenvalue weighted by molar-refractivity contribution is 0.544. The molecule has 0 atom stereocenters. The first-order valence-electron chi connectivity index (χ1n) is 5.62. The van der Waals surface area contributed by atoms with E-state index in [-0.39, 0.29) is 7.43 Å². The highest BCUT2D eigenvalue weighted by Crippen LogP contribution is 2.03. The summed E-state index contributed by atoms with van der Waals surface area (Å²) in [5.41, 5.74) is 0. The molecule has 0 radical (unpaired) electrons. The average Bonchev–Trinajstić information content (AvgIpc) is 2.16. The molecule has 0 aromatic rings. The van der Waals surface area contributed by atoms with Gasteiger partial charge < -0.3 is 0 Å². The van der Waals surface area contributed by atoms with Gasteiger partial charge >= 0.3 is 0 Å². The minimum Gasteiger partial charge on any atom is -0.0776 e. The Morgan fingerprint density at radius 3 is 0.769 bits per heavy atom. The van der Waals surface area contributed by atoms with Gasteiger partial charge in [0.25, 0.3) is 0 Å². The van der Waals surface area contributed by atoms with Gasteiger partial charge in [-0.2, -0.15) is 0 Å². The molecule has 0 N–H and O–H groups in total. The predicted molar refractivity (Wildman–Crippen MR) is 66.2 cm³/mol. The number of hydrogen-bond acceptors (Lipinski definition) is 0. The number of rotatable bonds is 4. The van der Waals surface area contributed by atoms with Gasteiger partial charge in [0.05, 0.1) is 0 Å². The Morgan fingerprint density at radius 2 is 0.769 bits per heavy atom. The predicted octanol–water partition coefficient (Wildman–Crippen LogP) is 5.52. The maximum atomic E-state index is 2.28. The van der Waals surface area contributed by atoms with Crippen molar-refractivity contribution in [2.24, 2.45) is 11.8 Å². The second-order valence-electron chi connectivity index (χ2n) is 3.84. The molecular formula is C13H32. The zero-order valence-electron chi connectivity index (χ0n) is 9.98. The van der Waals surface area contributed by atoms with Gasteiger partial charge in [-0.25, -0.2) is 0 Å². The maximum Gasteiger partial charge on any atom is -0.0448 e. The van der Waals surface area contributed by atoms with E-state index in [2.05, 4.69) is 41.5 Å². The fraction of sp³-hybridized carbons (Fsp3) is 1.00. The Bertz CT molecular complexity index is 48.4. The van der Waals surface area contributed by atoms with E-state index in [0.29, 0.717) is 0 Å². The molecule has 13 heavy (non-hydrogen) atoms. The van der Waals surface area contributed by atoms with Crippen LogP contribution < -0.4 is 0 Å². The fourth-order valence-electron chi connectivity index (χ4n) is 0.577. The van der Waals surface area contributed by atoms with Gasteiger partial charge in [-0.05, 0) is 11.8 Å². The molecule has 0 saturated carbocycles. The molecule has 0 saturated heterocycles. The lowest BCUT2D eigenvalue weighted by Crippen LogP contribution is -1.85. The van der Waals surface area contributed by atoms with Gasteiger partial charge in [-0.15, -0.1) is 0 Å². The highest BCUT2D eigenvalue weighted by atomic mass is 14.0. The number of hydrogen-bond donors (Lipinski definition) is 0. The Labute approximate surface area is 87.1 Å². The zero-order valence-corrected chi connectivity index (χ0v) is 9.98. The summed E-state index contributed by atoms with van der Waals surface area (Å²) in [5, 5.41) is 0. The quantitative estimate of drug-likeness (QED) is 0.545. The molecule has 84 valence electrons. The summed E-state index contributed by atoms with van der Waals surface area (Å²) >= 11 is 0. The van der Waals surface area contributed by atoms with Crippen molar-refractivity contribution in [2.75, 3.05) is 0 Å². The SMILES string of the molecule is C.CCC(C)CC.CCC(C)CC. The zero-order chi connectivity index (χ0) is 9.98. The van der Waals surface area contributed by atoms with Gasteiger partial charge in [-0.3, -0.25) is 0 Å². The van der Waals surface area contributed by atoms with Crippen molar-refractivity contribution >= 4 is 0 Å². The van der Waals surface area contributed by atoms with E-state index >= 15 is 0 Å². The van der Waals surface area contributed by atoms with Crippen molar-refractivity contribution in [3.05, 3.63) is 0 Å². The van der Waals surface area contributed by atoms with Crippen molar-refractivity contribution in [2.45, 2.75) is 74.7 Å². The van der Waals surface area contributed by atoms with Gasteiger partial charge in [0.2, 0.25) is 0 Å². The third-order valence-electron chi connectivity index (χ3n) is 2.79. The van der Waals surface area contributed by atoms with E-state index in [4.69, 9.17) is 0 Å². The van der Waals surface area contributed by atoms with E-state index < -0.39 is 0 Å². The van der Waals surface area contributed by atoms with E-state index in [1.165, 1.54) is 25.7 Å². The molecule has 0 fully saturated rings. The lowest BCUT2D eigenvalue weighted by atomic mass is 10.1. The molecule has 0 heterocycles. The van der Waals surface area contributed by atoms with Crippen molar-refractivity contribution in [3.63, 3.8) is 0 Å². The molecule has 0 heteroatoms. The Balaban J connectivity index is -0.000000143. The molecule has 0 aromatic heterocycles. The van der Waals surface area contributed by atoms with E-state index in [0.717, 1.165) is 11.8 Å². The highest BCUT2D eigenvalue weighted by molar-refractivity contribution is 4.42. The molecule has 0 unspecified atom stereocenters. The molecular weight excluding hydrogens is 156 g/mol. The van der Waals surface area contributed by atoms with E-state index in [1.54, 1.807) is 0 Å². The molecule has 0 bridgehead atoms. The van der Waals surface area contributed by atoms with Crippen LogP contribution >= 0.6 is 0 Å². The van der Waals surface area contributed by atoms with Crippen LogP contribution in [-0.4, -0.2) is 0 Å². The summed E-state index contributed by atoms with van der Waals surface area (Å²) < 4.78 is 0. The summed E-state index contributed by atoms with van der Waals surface area (Å²) in [6.45, 7) is 13.5. The first-order valence-corrected chi connectivity index (χ1v) is 5.62. The van der Waals surface area contributed by atoms with E-state index in [9.17, 15) is 0 Å². The Kier molecular flexibility index (Phi) is 20.9. The third kappa shape index (κ3) is 18.8. The fourth-order valence-corrected chi connectivity index (χ4v) is 0.577. The summed E-state index contributed by atoms with van der Waals surface area (Å²) in [6.07, 6.45) is 5.32. The Hall–Kier alpha value is 0. The molecule has 0 aromatic carbocycles. The lowest BCUT2D eigenvalue weighted by Gasteiger charge is -1.98. The summed E-state index contributed by atoms with van der Waals surface area (Å²) in [6, 6.07) is 0. The largest absolute Gasteiger partial charge is 0.0776 e. The second kappa shape index (κ2) is 14.5. The van der Waals surface area contributed by atoms with Crippen LogP contribution in [0.2, 0.25) is 0 Å². The van der Waals surface area contributed by atoms with Crippen LogP contribution in [0.25, 0.3) is 0 Å². The highest BCUT2D eigenvalue weighted by Gasteiger charge is 1.89. The van der Waals surface area contributed by atoms with Gasteiger partial charge in [0.1, 0.15) is 0 Å². The van der Waals surface area contributed by atoms with Crippen LogP contribution in [0.5, 0.6) is 0 Å². The topological polar surface area (TPSA) is 0 Å². The molecule has 0 aliphatic rings. The minimum atomic E-state index is 0. The van der Waals surface area contributed by atoms with Crippen LogP contribution in [0, 0.1) is 11.8 Å². The van der Waals surface area contributed by atoms with Crippen molar-refractivity contribution in [1.29, 1.82) is 0 Å². The van der Waals surface area contributed by atoms with Crippen molar-refractivity contribution < 1.29 is 0 Å². The van der Waals surface area contributed by atoms with Gasteiger partial charge in [-0.1, -0.05) is 74.7 Å². The molecule has 0 spiro atoms. The average molecular weight is 188 g/mol. The second-order valence-corrected chi connectivity index (χ2v) is 3.84. The molecule has 0 rings (SSSR count). The Morgan fingerprint density at radius 1 is 0.615 bits per heavy atom. The summed E-state index contributed by atoms with van der Waals surface area (Å²) in [4.78, 5) is 0. The van der Waals surface area contributed by atoms with Crippen LogP contribution in [0.1, 0.15) is 74.7 Å². The van der Waals surface area contributed by atoms with Crippen LogP contribution in [0.3, 0.4) is 0 Å². The van der Waals surface area contributed by atoms with Gasteiger partial charge in [0.15, 0.2) is 0 Å². The summed E-state index contributed by atoms with van der Waals surface area (Å²) in [7, 11) is 0. The van der Waals surface area contributed by atoms with Crippen LogP contribution in [0.4, 0.5) is 0 Å². The van der Waals surface area contributed by atoms with Crippen LogP contribution in [-0.2, 0) is 0 Å². The molecule has 0 amide bonds. The minimum absolute atomic E-state index is 0. The molecule has 0 aliphatic heterocycles. The third-order valence-corrected chi connectivity index (χ3v) is 2.79. The van der Waals surface area contributed by atoms with Crippen LogP contribution in [0.15, 0.2) is 0 Å². The van der Waals surface area contributed by atoms with Gasteiger partial charge in [0, 0.05) is 0 Å². The maximum absolute atomic E-state index is 2.28. The first-order chi connectivity index (χ1) is 5.62.